The van der Waals surface area contributed by atoms with Gasteiger partial charge in [0.2, 0.25) is 5.91 Å². The van der Waals surface area contributed by atoms with Crippen LogP contribution in [0.5, 0.6) is 0 Å². The van der Waals surface area contributed by atoms with Gasteiger partial charge < -0.3 is 11.5 Å². The van der Waals surface area contributed by atoms with E-state index in [0.717, 1.165) is 0 Å². The topological polar surface area (TPSA) is 84.7 Å². The molecule has 6 heteroatoms. The van der Waals surface area contributed by atoms with E-state index in [1.165, 1.54) is 23.1 Å². The number of aliphatic imine (C=N–C) groups is 1. The maximum atomic E-state index is 14.2. The Bertz CT molecular complexity index is 611. The second kappa shape index (κ2) is 4.19. The lowest BCUT2D eigenvalue weighted by atomic mass is 9.67. The molecule has 2 rings (SSSR count). The molecule has 0 fully saturated rings. The normalized spacial score (nSPS) is 25.6. The fraction of sp³-hybridized carbons (Fsp3) is 0.429. The van der Waals surface area contributed by atoms with E-state index >= 15 is 0 Å². The number of hydrogen-bond donors (Lipinski definition) is 2. The van der Waals surface area contributed by atoms with Crippen molar-refractivity contribution in [2.45, 2.75) is 26.3 Å². The van der Waals surface area contributed by atoms with Gasteiger partial charge in [-0.2, -0.15) is 0 Å². The highest BCUT2D eigenvalue weighted by molar-refractivity contribution is 6.01. The van der Waals surface area contributed by atoms with Gasteiger partial charge in [-0.1, -0.05) is 0 Å². The van der Waals surface area contributed by atoms with Crippen molar-refractivity contribution in [2.75, 3.05) is 12.8 Å². The standard InChI is InChI=1S/C14H19FN4O/c1-13(2)11(20)19(4)12(17)18-14(13,3)9-7-8(16)5-6-10(9)15/h5-7H,16H2,1-4H3,(H2,17,18)/t14-/m1/s1. The van der Waals surface area contributed by atoms with Gasteiger partial charge in [0, 0.05) is 18.3 Å². The molecule has 20 heavy (non-hydrogen) atoms. The number of guanidine groups is 1. The smallest absolute Gasteiger partial charge is 0.237 e. The van der Waals surface area contributed by atoms with Crippen LogP contribution in [-0.4, -0.2) is 23.8 Å². The van der Waals surface area contributed by atoms with Crippen molar-refractivity contribution in [3.05, 3.63) is 29.6 Å². The molecular formula is C14H19FN4O. The van der Waals surface area contributed by atoms with E-state index in [-0.39, 0.29) is 17.4 Å². The zero-order valence-corrected chi connectivity index (χ0v) is 12.1. The number of rotatable bonds is 1. The highest BCUT2D eigenvalue weighted by atomic mass is 19.1. The summed E-state index contributed by atoms with van der Waals surface area (Å²) >= 11 is 0. The monoisotopic (exact) mass is 278 g/mol. The van der Waals surface area contributed by atoms with Crippen molar-refractivity contribution in [1.82, 2.24) is 4.90 Å². The summed E-state index contributed by atoms with van der Waals surface area (Å²) in [5, 5.41) is 0. The minimum atomic E-state index is -1.11. The highest BCUT2D eigenvalue weighted by Crippen LogP contribution is 2.47. The first-order valence-corrected chi connectivity index (χ1v) is 6.30. The van der Waals surface area contributed by atoms with Gasteiger partial charge in [-0.25, -0.2) is 9.38 Å². The first kappa shape index (κ1) is 14.3. The molecule has 1 aliphatic heterocycles. The average Bonchev–Trinajstić information content (AvgIpc) is 2.37. The van der Waals surface area contributed by atoms with Crippen LogP contribution in [0, 0.1) is 11.2 Å². The Kier molecular flexibility index (Phi) is 3.00. The van der Waals surface area contributed by atoms with E-state index in [9.17, 15) is 9.18 Å². The molecule has 1 aromatic carbocycles. The van der Waals surface area contributed by atoms with Crippen LogP contribution < -0.4 is 11.5 Å². The SMILES string of the molecule is CN1C(=O)C(C)(C)[C@@](C)(c2cc(N)ccc2F)N=C1N. The number of nitrogen functional groups attached to an aromatic ring is 1. The zero-order valence-electron chi connectivity index (χ0n) is 12.1. The summed E-state index contributed by atoms with van der Waals surface area (Å²) in [6.07, 6.45) is 0. The molecule has 1 aromatic rings. The fourth-order valence-electron chi connectivity index (χ4n) is 2.49. The number of hydrogen-bond acceptors (Lipinski definition) is 4. The quantitative estimate of drug-likeness (QED) is 0.762. The Morgan fingerprint density at radius 2 is 1.85 bits per heavy atom. The van der Waals surface area contributed by atoms with Crippen molar-refractivity contribution in [3.8, 4) is 0 Å². The number of anilines is 1. The molecule has 0 saturated heterocycles. The van der Waals surface area contributed by atoms with E-state index in [0.29, 0.717) is 5.69 Å². The fourth-order valence-corrected chi connectivity index (χ4v) is 2.49. The predicted molar refractivity (Wildman–Crippen MR) is 76.3 cm³/mol. The number of carbonyl (C=O) groups excluding carboxylic acids is 1. The van der Waals surface area contributed by atoms with E-state index in [1.807, 2.05) is 0 Å². The Labute approximate surface area is 117 Å². The van der Waals surface area contributed by atoms with Gasteiger partial charge >= 0.3 is 0 Å². The zero-order chi connectivity index (χ0) is 15.3. The molecule has 4 N–H and O–H groups in total. The summed E-state index contributed by atoms with van der Waals surface area (Å²) in [4.78, 5) is 18.1. The molecule has 0 radical (unpaired) electrons. The van der Waals surface area contributed by atoms with Crippen LogP contribution in [0.4, 0.5) is 10.1 Å². The lowest BCUT2D eigenvalue weighted by molar-refractivity contribution is -0.140. The number of nitrogens with two attached hydrogens (primary N) is 2. The van der Waals surface area contributed by atoms with Gasteiger partial charge in [-0.05, 0) is 39.0 Å². The molecule has 0 saturated carbocycles. The third kappa shape index (κ3) is 1.75. The molecule has 0 spiro atoms. The Morgan fingerprint density at radius 1 is 1.25 bits per heavy atom. The largest absolute Gasteiger partial charge is 0.399 e. The van der Waals surface area contributed by atoms with Gasteiger partial charge in [-0.15, -0.1) is 0 Å². The molecule has 1 amide bonds. The van der Waals surface area contributed by atoms with Crippen LogP contribution in [-0.2, 0) is 10.3 Å². The first-order chi connectivity index (χ1) is 9.11. The lowest BCUT2D eigenvalue weighted by Gasteiger charge is -2.46. The summed E-state index contributed by atoms with van der Waals surface area (Å²) in [6.45, 7) is 5.15. The van der Waals surface area contributed by atoms with E-state index in [1.54, 1.807) is 27.8 Å². The van der Waals surface area contributed by atoms with Crippen LogP contribution in [0.1, 0.15) is 26.3 Å². The van der Waals surface area contributed by atoms with Crippen molar-refractivity contribution >= 4 is 17.6 Å². The Morgan fingerprint density at radius 3 is 2.45 bits per heavy atom. The summed E-state index contributed by atoms with van der Waals surface area (Å²) < 4.78 is 14.2. The second-order valence-electron chi connectivity index (χ2n) is 5.77. The van der Waals surface area contributed by atoms with Crippen LogP contribution in [0.2, 0.25) is 0 Å². The highest BCUT2D eigenvalue weighted by Gasteiger charge is 2.53. The third-order valence-electron chi connectivity index (χ3n) is 4.25. The van der Waals surface area contributed by atoms with Crippen molar-refractivity contribution < 1.29 is 9.18 Å². The first-order valence-electron chi connectivity index (χ1n) is 6.30. The Balaban J connectivity index is 2.74. The van der Waals surface area contributed by atoms with E-state index in [2.05, 4.69) is 4.99 Å². The molecule has 0 aliphatic carbocycles. The predicted octanol–water partition coefficient (Wildman–Crippen LogP) is 1.44. The van der Waals surface area contributed by atoms with Crippen LogP contribution in [0.15, 0.2) is 23.2 Å². The molecule has 1 heterocycles. The molecule has 0 bridgehead atoms. The van der Waals surface area contributed by atoms with Crippen molar-refractivity contribution in [1.29, 1.82) is 0 Å². The van der Waals surface area contributed by atoms with Gasteiger partial charge in [0.15, 0.2) is 5.96 Å². The lowest BCUT2D eigenvalue weighted by Crippen LogP contribution is -2.58. The molecule has 1 atom stereocenters. The summed E-state index contributed by atoms with van der Waals surface area (Å²) in [7, 11) is 1.55. The third-order valence-corrected chi connectivity index (χ3v) is 4.25. The molecule has 108 valence electrons. The van der Waals surface area contributed by atoms with Crippen LogP contribution in [0.3, 0.4) is 0 Å². The number of nitrogens with zero attached hydrogens (tertiary/aromatic N) is 2. The summed E-state index contributed by atoms with van der Waals surface area (Å²) in [5.74, 6) is -0.600. The second-order valence-corrected chi connectivity index (χ2v) is 5.77. The van der Waals surface area contributed by atoms with Gasteiger partial charge in [0.25, 0.3) is 0 Å². The van der Waals surface area contributed by atoms with Crippen molar-refractivity contribution in [2.24, 2.45) is 16.1 Å². The Hall–Kier alpha value is -2.11. The summed E-state index contributed by atoms with van der Waals surface area (Å²) in [6, 6.07) is 4.26. The van der Waals surface area contributed by atoms with Crippen LogP contribution in [0.25, 0.3) is 0 Å². The van der Waals surface area contributed by atoms with Gasteiger partial charge in [-0.3, -0.25) is 9.69 Å². The minimum Gasteiger partial charge on any atom is -0.399 e. The molecule has 0 unspecified atom stereocenters. The average molecular weight is 278 g/mol. The maximum Gasteiger partial charge on any atom is 0.237 e. The minimum absolute atomic E-state index is 0.0682. The molecule has 0 aromatic heterocycles. The number of halogens is 1. The number of amides is 1. The van der Waals surface area contributed by atoms with Crippen LogP contribution >= 0.6 is 0 Å². The van der Waals surface area contributed by atoms with E-state index in [4.69, 9.17) is 11.5 Å². The molecular weight excluding hydrogens is 259 g/mol. The molecule has 1 aliphatic rings. The number of carbonyl (C=O) groups is 1. The molecule has 5 nitrogen and oxygen atoms in total. The van der Waals surface area contributed by atoms with E-state index < -0.39 is 16.8 Å². The van der Waals surface area contributed by atoms with Gasteiger partial charge in [0.1, 0.15) is 11.4 Å². The van der Waals surface area contributed by atoms with Crippen molar-refractivity contribution in [3.63, 3.8) is 0 Å². The maximum absolute atomic E-state index is 14.2. The summed E-state index contributed by atoms with van der Waals surface area (Å²) in [5.41, 5.74) is 10.2. The number of benzene rings is 1. The van der Waals surface area contributed by atoms with Gasteiger partial charge in [0.05, 0.1) is 5.41 Å².